The van der Waals surface area contributed by atoms with E-state index in [1.807, 2.05) is 0 Å². The number of aromatic nitrogens is 2. The Balaban J connectivity index is 2.11. The fourth-order valence-corrected chi connectivity index (χ4v) is 2.73. The molecule has 0 saturated heterocycles. The molecule has 1 fully saturated rings. The topological polar surface area (TPSA) is 80.9 Å². The Hall–Kier alpha value is -0.910. The number of hydrogen-bond donors (Lipinski definition) is 2. The van der Waals surface area contributed by atoms with Crippen LogP contribution >= 0.6 is 23.2 Å². The van der Waals surface area contributed by atoms with E-state index in [1.54, 1.807) is 0 Å². The number of halogens is 2. The fourth-order valence-electron chi connectivity index (χ4n) is 2.33. The number of hydrogen-bond acceptors (Lipinski definition) is 4. The number of anilines is 1. The van der Waals surface area contributed by atoms with Gasteiger partial charge in [-0.15, -0.1) is 0 Å². The molecule has 2 rings (SSSR count). The first-order chi connectivity index (χ1) is 9.09. The predicted octanol–water partition coefficient (Wildman–Crippen LogP) is 2.63. The molecule has 1 aromatic heterocycles. The standard InChI is InChI=1S/C12H16Cl2N4O/c13-10-9(11(14)17-6-16-10)18-12(19)7-4-2-1-3-5-8(7)15/h6-8H,1-5,15H2,(H,18,19). The van der Waals surface area contributed by atoms with E-state index in [2.05, 4.69) is 15.3 Å². The van der Waals surface area contributed by atoms with E-state index in [1.165, 1.54) is 6.33 Å². The fraction of sp³-hybridized carbons (Fsp3) is 0.583. The van der Waals surface area contributed by atoms with Crippen molar-refractivity contribution in [3.8, 4) is 0 Å². The highest BCUT2D eigenvalue weighted by Crippen LogP contribution is 2.28. The molecule has 1 aliphatic rings. The molecule has 0 bridgehead atoms. The highest BCUT2D eigenvalue weighted by atomic mass is 35.5. The Morgan fingerprint density at radius 1 is 1.21 bits per heavy atom. The summed E-state index contributed by atoms with van der Waals surface area (Å²) in [5.41, 5.74) is 6.31. The number of rotatable bonds is 2. The molecule has 1 heterocycles. The maximum Gasteiger partial charge on any atom is 0.229 e. The van der Waals surface area contributed by atoms with Crippen LogP contribution in [0.3, 0.4) is 0 Å². The van der Waals surface area contributed by atoms with Crippen molar-refractivity contribution in [1.82, 2.24) is 9.97 Å². The molecule has 19 heavy (non-hydrogen) atoms. The van der Waals surface area contributed by atoms with Crippen molar-refractivity contribution < 1.29 is 4.79 Å². The summed E-state index contributed by atoms with van der Waals surface area (Å²) in [5.74, 6) is -0.372. The smallest absolute Gasteiger partial charge is 0.229 e. The molecule has 1 aromatic rings. The normalized spacial score (nSPS) is 23.7. The van der Waals surface area contributed by atoms with E-state index in [0.717, 1.165) is 32.1 Å². The lowest BCUT2D eigenvalue weighted by molar-refractivity contribution is -0.120. The van der Waals surface area contributed by atoms with Gasteiger partial charge in [0.1, 0.15) is 12.0 Å². The van der Waals surface area contributed by atoms with Gasteiger partial charge in [0.2, 0.25) is 5.91 Å². The van der Waals surface area contributed by atoms with E-state index < -0.39 is 0 Å². The molecule has 0 aliphatic heterocycles. The molecule has 0 radical (unpaired) electrons. The first kappa shape index (κ1) is 14.5. The molecular formula is C12H16Cl2N4O. The predicted molar refractivity (Wildman–Crippen MR) is 75.2 cm³/mol. The second-order valence-electron chi connectivity index (χ2n) is 4.73. The molecule has 0 aromatic carbocycles. The van der Waals surface area contributed by atoms with Crippen LogP contribution in [0, 0.1) is 5.92 Å². The van der Waals surface area contributed by atoms with E-state index in [0.29, 0.717) is 0 Å². The molecule has 104 valence electrons. The summed E-state index contributed by atoms with van der Waals surface area (Å²) < 4.78 is 0. The second kappa shape index (κ2) is 6.50. The number of nitrogens with zero attached hydrogens (tertiary/aromatic N) is 2. The van der Waals surface area contributed by atoms with E-state index in [4.69, 9.17) is 28.9 Å². The quantitative estimate of drug-likeness (QED) is 0.650. The van der Waals surface area contributed by atoms with Crippen molar-refractivity contribution >= 4 is 34.8 Å². The Labute approximate surface area is 121 Å². The lowest BCUT2D eigenvalue weighted by Crippen LogP contribution is -2.38. The van der Waals surface area contributed by atoms with Crippen LogP contribution in [0.2, 0.25) is 10.3 Å². The summed E-state index contributed by atoms with van der Waals surface area (Å²) >= 11 is 11.8. The van der Waals surface area contributed by atoms with Crippen molar-refractivity contribution in [1.29, 1.82) is 0 Å². The van der Waals surface area contributed by atoms with Crippen LogP contribution in [0.1, 0.15) is 32.1 Å². The summed E-state index contributed by atoms with van der Waals surface area (Å²) in [7, 11) is 0. The minimum absolute atomic E-state index is 0.121. The van der Waals surface area contributed by atoms with E-state index >= 15 is 0 Å². The molecule has 1 amide bonds. The molecule has 2 unspecified atom stereocenters. The molecule has 7 heteroatoms. The van der Waals surface area contributed by atoms with Gasteiger partial charge in [0.05, 0.1) is 5.92 Å². The van der Waals surface area contributed by atoms with Crippen LogP contribution in [0.4, 0.5) is 5.69 Å². The zero-order valence-corrected chi connectivity index (χ0v) is 11.9. The average molecular weight is 303 g/mol. The largest absolute Gasteiger partial charge is 0.327 e. The van der Waals surface area contributed by atoms with Crippen LogP contribution in [0.25, 0.3) is 0 Å². The third-order valence-electron chi connectivity index (χ3n) is 3.41. The van der Waals surface area contributed by atoms with Crippen LogP contribution in [0.15, 0.2) is 6.33 Å². The van der Waals surface area contributed by atoms with Gasteiger partial charge < -0.3 is 11.1 Å². The van der Waals surface area contributed by atoms with Gasteiger partial charge in [0.15, 0.2) is 10.3 Å². The minimum atomic E-state index is -0.213. The monoisotopic (exact) mass is 302 g/mol. The van der Waals surface area contributed by atoms with Crippen LogP contribution < -0.4 is 11.1 Å². The van der Waals surface area contributed by atoms with Gasteiger partial charge in [-0.1, -0.05) is 42.5 Å². The van der Waals surface area contributed by atoms with Crippen molar-refractivity contribution in [2.24, 2.45) is 11.7 Å². The van der Waals surface area contributed by atoms with Gasteiger partial charge in [-0.25, -0.2) is 9.97 Å². The van der Waals surface area contributed by atoms with Crippen molar-refractivity contribution in [2.45, 2.75) is 38.1 Å². The molecule has 1 aliphatic carbocycles. The van der Waals surface area contributed by atoms with Crippen LogP contribution in [-0.4, -0.2) is 21.9 Å². The first-order valence-electron chi connectivity index (χ1n) is 6.32. The summed E-state index contributed by atoms with van der Waals surface area (Å²) in [6.07, 6.45) is 6.10. The molecule has 5 nitrogen and oxygen atoms in total. The van der Waals surface area contributed by atoms with Gasteiger partial charge >= 0.3 is 0 Å². The third-order valence-corrected chi connectivity index (χ3v) is 3.98. The Bertz CT molecular complexity index is 449. The van der Waals surface area contributed by atoms with Gasteiger partial charge in [-0.2, -0.15) is 0 Å². The summed E-state index contributed by atoms with van der Waals surface area (Å²) in [5, 5.41) is 2.97. The number of amides is 1. The van der Waals surface area contributed by atoms with Crippen molar-refractivity contribution in [3.05, 3.63) is 16.6 Å². The van der Waals surface area contributed by atoms with Gasteiger partial charge in [0, 0.05) is 6.04 Å². The molecule has 0 spiro atoms. The second-order valence-corrected chi connectivity index (χ2v) is 5.44. The van der Waals surface area contributed by atoms with Gasteiger partial charge in [-0.3, -0.25) is 4.79 Å². The number of nitrogens with two attached hydrogens (primary N) is 1. The lowest BCUT2D eigenvalue weighted by Gasteiger charge is -2.20. The maximum absolute atomic E-state index is 12.3. The van der Waals surface area contributed by atoms with Crippen LogP contribution in [-0.2, 0) is 4.79 Å². The zero-order valence-electron chi connectivity index (χ0n) is 10.4. The highest BCUT2D eigenvalue weighted by molar-refractivity contribution is 6.38. The highest BCUT2D eigenvalue weighted by Gasteiger charge is 2.28. The molecule has 2 atom stereocenters. The Morgan fingerprint density at radius 2 is 1.84 bits per heavy atom. The third kappa shape index (κ3) is 3.55. The van der Waals surface area contributed by atoms with Gasteiger partial charge in [0.25, 0.3) is 0 Å². The first-order valence-corrected chi connectivity index (χ1v) is 7.07. The number of carbonyl (C=O) groups is 1. The SMILES string of the molecule is NC1CCCCCC1C(=O)Nc1c(Cl)ncnc1Cl. The number of carbonyl (C=O) groups excluding carboxylic acids is 1. The van der Waals surface area contributed by atoms with Crippen molar-refractivity contribution in [3.63, 3.8) is 0 Å². The van der Waals surface area contributed by atoms with Gasteiger partial charge in [-0.05, 0) is 12.8 Å². The number of nitrogens with one attached hydrogen (secondary N) is 1. The molecule has 3 N–H and O–H groups in total. The molecular weight excluding hydrogens is 287 g/mol. The summed E-state index contributed by atoms with van der Waals surface area (Å²) in [4.78, 5) is 19.9. The van der Waals surface area contributed by atoms with Crippen LogP contribution in [0.5, 0.6) is 0 Å². The summed E-state index contributed by atoms with van der Waals surface area (Å²) in [6, 6.07) is -0.121. The Morgan fingerprint density at radius 3 is 2.53 bits per heavy atom. The Kier molecular flexibility index (Phi) is 4.96. The maximum atomic E-state index is 12.3. The van der Waals surface area contributed by atoms with E-state index in [-0.39, 0.29) is 33.9 Å². The minimum Gasteiger partial charge on any atom is -0.327 e. The lowest BCUT2D eigenvalue weighted by atomic mass is 9.94. The van der Waals surface area contributed by atoms with Crippen molar-refractivity contribution in [2.75, 3.05) is 5.32 Å². The summed E-state index contributed by atoms with van der Waals surface area (Å²) in [6.45, 7) is 0. The zero-order chi connectivity index (χ0) is 13.8. The average Bonchev–Trinajstić information content (AvgIpc) is 2.58. The van der Waals surface area contributed by atoms with E-state index in [9.17, 15) is 4.79 Å². The molecule has 1 saturated carbocycles.